The summed E-state index contributed by atoms with van der Waals surface area (Å²) in [7, 11) is 0. The maximum atomic E-state index is 12.1. The second kappa shape index (κ2) is 6.96. The first-order valence-corrected chi connectivity index (χ1v) is 8.73. The van der Waals surface area contributed by atoms with Crippen LogP contribution in [0.4, 0.5) is 5.69 Å². The van der Waals surface area contributed by atoms with Gasteiger partial charge in [-0.1, -0.05) is 18.2 Å². The fourth-order valence-electron chi connectivity index (χ4n) is 2.80. The Hall–Kier alpha value is -2.14. The fourth-order valence-corrected chi connectivity index (χ4v) is 3.54. The summed E-state index contributed by atoms with van der Waals surface area (Å²) in [5, 5.41) is 5.02. The van der Waals surface area contributed by atoms with Crippen LogP contribution >= 0.6 is 11.3 Å². The second-order valence-electron chi connectivity index (χ2n) is 5.80. The summed E-state index contributed by atoms with van der Waals surface area (Å²) in [6, 6.07) is 11.7. The van der Waals surface area contributed by atoms with Gasteiger partial charge in [-0.15, -0.1) is 11.3 Å². The smallest absolute Gasteiger partial charge is 0.227 e. The van der Waals surface area contributed by atoms with E-state index in [0.29, 0.717) is 12.8 Å². The maximum Gasteiger partial charge on any atom is 0.227 e. The van der Waals surface area contributed by atoms with Crippen LogP contribution in [-0.4, -0.2) is 18.4 Å². The van der Waals surface area contributed by atoms with Crippen LogP contribution in [0.2, 0.25) is 0 Å². The topological polar surface area (TPSA) is 49.4 Å². The van der Waals surface area contributed by atoms with Gasteiger partial charge in [-0.3, -0.25) is 9.59 Å². The van der Waals surface area contributed by atoms with Gasteiger partial charge in [0.15, 0.2) is 0 Å². The van der Waals surface area contributed by atoms with E-state index in [1.807, 2.05) is 53.6 Å². The van der Waals surface area contributed by atoms with Crippen molar-refractivity contribution in [1.29, 1.82) is 0 Å². The number of hydrogen-bond donors (Lipinski definition) is 1. The van der Waals surface area contributed by atoms with E-state index in [1.54, 1.807) is 11.3 Å². The zero-order valence-corrected chi connectivity index (χ0v) is 13.9. The third kappa shape index (κ3) is 3.79. The van der Waals surface area contributed by atoms with Gasteiger partial charge in [0, 0.05) is 23.5 Å². The van der Waals surface area contributed by atoms with Crippen LogP contribution in [0, 0.1) is 0 Å². The van der Waals surface area contributed by atoms with Crippen LogP contribution in [0.5, 0.6) is 0 Å². The Kier molecular flexibility index (Phi) is 4.76. The molecule has 1 aliphatic heterocycles. The molecule has 1 aromatic heterocycles. The first-order valence-electron chi connectivity index (χ1n) is 7.85. The third-order valence-corrected chi connectivity index (χ3v) is 5.09. The number of rotatable bonds is 5. The maximum absolute atomic E-state index is 12.1. The van der Waals surface area contributed by atoms with Gasteiger partial charge in [0.1, 0.15) is 0 Å². The Morgan fingerprint density at radius 1 is 1.30 bits per heavy atom. The van der Waals surface area contributed by atoms with Crippen molar-refractivity contribution in [3.8, 4) is 0 Å². The van der Waals surface area contributed by atoms with Crippen molar-refractivity contribution < 1.29 is 9.59 Å². The normalized spacial score (nSPS) is 15.7. The molecule has 0 bridgehead atoms. The summed E-state index contributed by atoms with van der Waals surface area (Å²) >= 11 is 1.64. The zero-order valence-electron chi connectivity index (χ0n) is 13.1. The van der Waals surface area contributed by atoms with Crippen molar-refractivity contribution in [3.05, 3.63) is 52.2 Å². The van der Waals surface area contributed by atoms with Crippen molar-refractivity contribution in [2.24, 2.45) is 0 Å². The molecule has 0 spiro atoms. The lowest BCUT2D eigenvalue weighted by atomic mass is 10.1. The van der Waals surface area contributed by atoms with Gasteiger partial charge in [0.25, 0.3) is 0 Å². The number of carbonyl (C=O) groups excluding carboxylic acids is 2. The molecule has 0 aliphatic carbocycles. The van der Waals surface area contributed by atoms with Crippen LogP contribution < -0.4 is 10.2 Å². The number of anilines is 1. The second-order valence-corrected chi connectivity index (χ2v) is 6.78. The number of carbonyl (C=O) groups is 2. The lowest BCUT2D eigenvalue weighted by molar-refractivity contribution is -0.121. The van der Waals surface area contributed by atoms with E-state index in [-0.39, 0.29) is 17.9 Å². The van der Waals surface area contributed by atoms with Crippen LogP contribution in [0.1, 0.15) is 36.2 Å². The third-order valence-electron chi connectivity index (χ3n) is 4.03. The summed E-state index contributed by atoms with van der Waals surface area (Å²) < 4.78 is 0. The van der Waals surface area contributed by atoms with Crippen molar-refractivity contribution in [2.45, 2.75) is 32.2 Å². The Labute approximate surface area is 140 Å². The Morgan fingerprint density at radius 2 is 2.09 bits per heavy atom. The number of nitrogens with one attached hydrogen (secondary N) is 1. The van der Waals surface area contributed by atoms with Gasteiger partial charge in [-0.05, 0) is 42.5 Å². The molecule has 2 aromatic rings. The highest BCUT2D eigenvalue weighted by molar-refractivity contribution is 7.10. The van der Waals surface area contributed by atoms with Gasteiger partial charge in [-0.25, -0.2) is 0 Å². The van der Waals surface area contributed by atoms with Gasteiger partial charge in [0.2, 0.25) is 11.8 Å². The summed E-state index contributed by atoms with van der Waals surface area (Å²) in [5.41, 5.74) is 1.87. The van der Waals surface area contributed by atoms with Crippen molar-refractivity contribution in [2.75, 3.05) is 11.4 Å². The molecule has 23 heavy (non-hydrogen) atoms. The Morgan fingerprint density at radius 3 is 2.70 bits per heavy atom. The molecule has 5 heteroatoms. The van der Waals surface area contributed by atoms with Crippen LogP contribution in [-0.2, 0) is 16.0 Å². The van der Waals surface area contributed by atoms with Crippen molar-refractivity contribution >= 4 is 28.8 Å². The number of nitrogens with zero attached hydrogens (tertiary/aromatic N) is 1. The molecule has 0 radical (unpaired) electrons. The first-order chi connectivity index (χ1) is 11.1. The quantitative estimate of drug-likeness (QED) is 0.915. The highest BCUT2D eigenvalue weighted by Crippen LogP contribution is 2.22. The largest absolute Gasteiger partial charge is 0.348 e. The van der Waals surface area contributed by atoms with Crippen molar-refractivity contribution in [3.63, 3.8) is 0 Å². The number of hydrogen-bond acceptors (Lipinski definition) is 3. The molecule has 120 valence electrons. The average Bonchev–Trinajstić information content (AvgIpc) is 3.19. The molecule has 4 nitrogen and oxygen atoms in total. The Balaban J connectivity index is 1.57. The van der Waals surface area contributed by atoms with Gasteiger partial charge >= 0.3 is 0 Å². The standard InChI is InChI=1S/C18H20N2O2S/c1-13(16-4-3-11-23-16)19-17(21)12-14-6-8-15(9-7-14)20-10-2-5-18(20)22/h3-4,6-9,11,13H,2,5,10,12H2,1H3,(H,19,21)/t13-/m1/s1. The molecule has 1 N–H and O–H groups in total. The molecule has 0 unspecified atom stereocenters. The van der Waals surface area contributed by atoms with E-state index in [2.05, 4.69) is 5.32 Å². The summed E-state index contributed by atoms with van der Waals surface area (Å²) in [4.78, 5) is 26.8. The average molecular weight is 328 g/mol. The molecular formula is C18H20N2O2S. The monoisotopic (exact) mass is 328 g/mol. The molecule has 1 saturated heterocycles. The molecule has 1 atom stereocenters. The lowest BCUT2D eigenvalue weighted by Gasteiger charge is -2.16. The molecule has 1 aromatic carbocycles. The van der Waals surface area contributed by atoms with E-state index in [9.17, 15) is 9.59 Å². The molecular weight excluding hydrogens is 308 g/mol. The molecule has 1 fully saturated rings. The van der Waals surface area contributed by atoms with Gasteiger partial charge in [-0.2, -0.15) is 0 Å². The van der Waals surface area contributed by atoms with E-state index in [4.69, 9.17) is 0 Å². The number of benzene rings is 1. The first kappa shape index (κ1) is 15.7. The predicted octanol–water partition coefficient (Wildman–Crippen LogP) is 3.29. The van der Waals surface area contributed by atoms with Crippen LogP contribution in [0.25, 0.3) is 0 Å². The van der Waals surface area contributed by atoms with E-state index >= 15 is 0 Å². The van der Waals surface area contributed by atoms with Crippen LogP contribution in [0.3, 0.4) is 0 Å². The molecule has 2 amide bonds. The lowest BCUT2D eigenvalue weighted by Crippen LogP contribution is -2.27. The number of thiophene rings is 1. The number of amides is 2. The van der Waals surface area contributed by atoms with E-state index in [1.165, 1.54) is 0 Å². The van der Waals surface area contributed by atoms with E-state index in [0.717, 1.165) is 29.1 Å². The van der Waals surface area contributed by atoms with Crippen LogP contribution in [0.15, 0.2) is 41.8 Å². The SMILES string of the molecule is C[C@@H](NC(=O)Cc1ccc(N2CCCC2=O)cc1)c1cccs1. The summed E-state index contributed by atoms with van der Waals surface area (Å²) in [6.07, 6.45) is 1.90. The fraction of sp³-hybridized carbons (Fsp3) is 0.333. The predicted molar refractivity (Wildman–Crippen MR) is 92.6 cm³/mol. The summed E-state index contributed by atoms with van der Waals surface area (Å²) in [5.74, 6) is 0.191. The molecule has 1 aliphatic rings. The highest BCUT2D eigenvalue weighted by atomic mass is 32.1. The zero-order chi connectivity index (χ0) is 16.2. The van der Waals surface area contributed by atoms with E-state index < -0.39 is 0 Å². The molecule has 2 heterocycles. The minimum atomic E-state index is 0.0101. The highest BCUT2D eigenvalue weighted by Gasteiger charge is 2.21. The molecule has 0 saturated carbocycles. The van der Waals surface area contributed by atoms with Crippen molar-refractivity contribution in [1.82, 2.24) is 5.32 Å². The minimum Gasteiger partial charge on any atom is -0.348 e. The minimum absolute atomic E-state index is 0.0101. The van der Waals surface area contributed by atoms with Gasteiger partial charge in [0.05, 0.1) is 12.5 Å². The Bertz CT molecular complexity index is 680. The molecule has 3 rings (SSSR count). The summed E-state index contributed by atoms with van der Waals surface area (Å²) in [6.45, 7) is 2.78. The van der Waals surface area contributed by atoms with Gasteiger partial charge < -0.3 is 10.2 Å².